The first kappa shape index (κ1) is 19.5. The third-order valence-electron chi connectivity index (χ3n) is 3.90. The number of rotatable bonds is 5. The molecule has 146 valence electrons. The highest BCUT2D eigenvalue weighted by Gasteiger charge is 2.40. The molecule has 0 saturated carbocycles. The number of carboxylic acid groups (broad SMARTS) is 1. The molecule has 28 heavy (non-hydrogen) atoms. The van der Waals surface area contributed by atoms with E-state index in [-0.39, 0.29) is 11.8 Å². The fourth-order valence-corrected chi connectivity index (χ4v) is 2.81. The van der Waals surface area contributed by atoms with E-state index in [1.54, 1.807) is 30.3 Å². The first-order valence-electron chi connectivity index (χ1n) is 8.43. The van der Waals surface area contributed by atoms with E-state index in [0.717, 1.165) is 5.56 Å². The standard InChI is InChI=1S/C20H17F3N2O3/c1-12(2)28-16-8-4-6-14(10-16)13-5-3-7-15(9-13)25-18(20(21,22)23)17(11-24-25)19(26)27/h3-12H,1-2H3,(H,26,27). The molecule has 0 bridgehead atoms. The molecule has 1 aromatic heterocycles. The number of aromatic carboxylic acids is 1. The van der Waals surface area contributed by atoms with E-state index in [0.29, 0.717) is 22.2 Å². The quantitative estimate of drug-likeness (QED) is 0.663. The summed E-state index contributed by atoms with van der Waals surface area (Å²) in [5.74, 6) is -1.05. The number of benzene rings is 2. The molecule has 0 atom stereocenters. The summed E-state index contributed by atoms with van der Waals surface area (Å²) in [5, 5.41) is 12.7. The SMILES string of the molecule is CC(C)Oc1cccc(-c2cccc(-n3ncc(C(=O)O)c3C(F)(F)F)c2)c1. The highest BCUT2D eigenvalue weighted by atomic mass is 19.4. The van der Waals surface area contributed by atoms with Gasteiger partial charge in [-0.1, -0.05) is 24.3 Å². The van der Waals surface area contributed by atoms with Crippen molar-refractivity contribution in [2.45, 2.75) is 26.1 Å². The van der Waals surface area contributed by atoms with Gasteiger partial charge in [-0.25, -0.2) is 9.48 Å². The zero-order valence-electron chi connectivity index (χ0n) is 15.1. The average molecular weight is 390 g/mol. The van der Waals surface area contributed by atoms with Crippen LogP contribution in [0.1, 0.15) is 29.9 Å². The summed E-state index contributed by atoms with van der Waals surface area (Å²) in [6.07, 6.45) is -4.19. The van der Waals surface area contributed by atoms with Gasteiger partial charge in [-0.05, 0) is 49.2 Å². The predicted octanol–water partition coefficient (Wildman–Crippen LogP) is 5.04. The molecule has 0 amide bonds. The normalized spacial score (nSPS) is 11.6. The van der Waals surface area contributed by atoms with E-state index in [4.69, 9.17) is 9.84 Å². The van der Waals surface area contributed by atoms with Gasteiger partial charge in [0, 0.05) is 0 Å². The molecule has 0 fully saturated rings. The summed E-state index contributed by atoms with van der Waals surface area (Å²) < 4.78 is 46.6. The second-order valence-electron chi connectivity index (χ2n) is 6.37. The van der Waals surface area contributed by atoms with Crippen LogP contribution in [-0.4, -0.2) is 27.0 Å². The summed E-state index contributed by atoms with van der Waals surface area (Å²) in [5.41, 5.74) is -0.724. The number of alkyl halides is 3. The second kappa shape index (κ2) is 7.38. The zero-order valence-corrected chi connectivity index (χ0v) is 15.1. The van der Waals surface area contributed by atoms with Gasteiger partial charge in [0.25, 0.3) is 0 Å². The fourth-order valence-electron chi connectivity index (χ4n) is 2.81. The largest absolute Gasteiger partial charge is 0.491 e. The Morgan fingerprint density at radius 1 is 1.11 bits per heavy atom. The monoisotopic (exact) mass is 390 g/mol. The Labute approximate surface area is 159 Å². The minimum atomic E-state index is -4.87. The molecule has 3 rings (SSSR count). The first-order valence-corrected chi connectivity index (χ1v) is 8.43. The van der Waals surface area contributed by atoms with E-state index < -0.39 is 23.4 Å². The van der Waals surface area contributed by atoms with Crippen molar-refractivity contribution < 1.29 is 27.8 Å². The van der Waals surface area contributed by atoms with Crippen molar-refractivity contribution in [1.82, 2.24) is 9.78 Å². The number of nitrogens with zero attached hydrogens (tertiary/aromatic N) is 2. The van der Waals surface area contributed by atoms with Crippen molar-refractivity contribution in [1.29, 1.82) is 0 Å². The second-order valence-corrected chi connectivity index (χ2v) is 6.37. The van der Waals surface area contributed by atoms with E-state index in [1.807, 2.05) is 19.9 Å². The predicted molar refractivity (Wildman–Crippen MR) is 96.7 cm³/mol. The lowest BCUT2D eigenvalue weighted by molar-refractivity contribution is -0.143. The summed E-state index contributed by atoms with van der Waals surface area (Å²) in [7, 11) is 0. The van der Waals surface area contributed by atoms with E-state index in [9.17, 15) is 18.0 Å². The average Bonchev–Trinajstić information content (AvgIpc) is 3.07. The number of hydrogen-bond donors (Lipinski definition) is 1. The van der Waals surface area contributed by atoms with Crippen LogP contribution >= 0.6 is 0 Å². The van der Waals surface area contributed by atoms with Crippen LogP contribution < -0.4 is 4.74 Å². The number of ether oxygens (including phenoxy) is 1. The van der Waals surface area contributed by atoms with Crippen molar-refractivity contribution >= 4 is 5.97 Å². The fraction of sp³-hybridized carbons (Fsp3) is 0.200. The first-order chi connectivity index (χ1) is 13.2. The molecule has 1 heterocycles. The zero-order chi connectivity index (χ0) is 20.5. The Kier molecular flexibility index (Phi) is 5.13. The Morgan fingerprint density at radius 2 is 1.75 bits per heavy atom. The van der Waals surface area contributed by atoms with E-state index in [2.05, 4.69) is 5.10 Å². The summed E-state index contributed by atoms with van der Waals surface area (Å²) in [4.78, 5) is 11.2. The van der Waals surface area contributed by atoms with Crippen molar-refractivity contribution in [2.24, 2.45) is 0 Å². The van der Waals surface area contributed by atoms with Crippen molar-refractivity contribution in [3.8, 4) is 22.6 Å². The van der Waals surface area contributed by atoms with Crippen molar-refractivity contribution in [3.05, 3.63) is 66.0 Å². The van der Waals surface area contributed by atoms with Crippen LogP contribution in [0.25, 0.3) is 16.8 Å². The minimum absolute atomic E-state index is 0.0190. The molecule has 0 radical (unpaired) electrons. The smallest absolute Gasteiger partial charge is 0.434 e. The van der Waals surface area contributed by atoms with Crippen LogP contribution in [0.4, 0.5) is 13.2 Å². The summed E-state index contributed by atoms with van der Waals surface area (Å²) in [6.45, 7) is 3.79. The van der Waals surface area contributed by atoms with E-state index in [1.165, 1.54) is 12.1 Å². The number of aromatic nitrogens is 2. The maximum Gasteiger partial charge on any atom is 0.434 e. The molecular formula is C20H17F3N2O3. The van der Waals surface area contributed by atoms with Crippen LogP contribution in [0.15, 0.2) is 54.7 Å². The van der Waals surface area contributed by atoms with Crippen LogP contribution in [0, 0.1) is 0 Å². The van der Waals surface area contributed by atoms with Gasteiger partial charge in [0.1, 0.15) is 11.3 Å². The topological polar surface area (TPSA) is 64.4 Å². The lowest BCUT2D eigenvalue weighted by Gasteiger charge is -2.13. The molecule has 5 nitrogen and oxygen atoms in total. The maximum atomic E-state index is 13.4. The Hall–Kier alpha value is -3.29. The van der Waals surface area contributed by atoms with Gasteiger partial charge < -0.3 is 9.84 Å². The van der Waals surface area contributed by atoms with E-state index >= 15 is 0 Å². The number of hydrogen-bond acceptors (Lipinski definition) is 3. The van der Waals surface area contributed by atoms with Gasteiger partial charge in [0.2, 0.25) is 0 Å². The molecule has 2 aromatic carbocycles. The van der Waals surface area contributed by atoms with Gasteiger partial charge in [0.05, 0.1) is 18.0 Å². The molecule has 0 saturated heterocycles. The number of halogens is 3. The number of carbonyl (C=O) groups is 1. The molecule has 0 aliphatic heterocycles. The molecule has 0 spiro atoms. The van der Waals surface area contributed by atoms with Gasteiger partial charge in [-0.3, -0.25) is 0 Å². The lowest BCUT2D eigenvalue weighted by atomic mass is 10.0. The molecule has 1 N–H and O–H groups in total. The Balaban J connectivity index is 2.07. The van der Waals surface area contributed by atoms with Gasteiger partial charge in [-0.15, -0.1) is 0 Å². The Bertz CT molecular complexity index is 1010. The molecule has 0 unspecified atom stereocenters. The molecule has 0 aliphatic rings. The van der Waals surface area contributed by atoms with Crippen LogP contribution in [-0.2, 0) is 6.18 Å². The highest BCUT2D eigenvalue weighted by molar-refractivity contribution is 5.89. The summed E-state index contributed by atoms with van der Waals surface area (Å²) in [6, 6.07) is 13.5. The van der Waals surface area contributed by atoms with Crippen LogP contribution in [0.3, 0.4) is 0 Å². The van der Waals surface area contributed by atoms with Crippen LogP contribution in [0.5, 0.6) is 5.75 Å². The van der Waals surface area contributed by atoms with Crippen molar-refractivity contribution in [3.63, 3.8) is 0 Å². The van der Waals surface area contributed by atoms with Gasteiger partial charge in [-0.2, -0.15) is 18.3 Å². The highest BCUT2D eigenvalue weighted by Crippen LogP contribution is 2.34. The van der Waals surface area contributed by atoms with Gasteiger partial charge >= 0.3 is 12.1 Å². The minimum Gasteiger partial charge on any atom is -0.491 e. The van der Waals surface area contributed by atoms with Crippen molar-refractivity contribution in [2.75, 3.05) is 0 Å². The Morgan fingerprint density at radius 3 is 2.36 bits per heavy atom. The molecule has 0 aliphatic carbocycles. The maximum absolute atomic E-state index is 13.4. The third-order valence-corrected chi connectivity index (χ3v) is 3.90. The molecule has 8 heteroatoms. The summed E-state index contributed by atoms with van der Waals surface area (Å²) >= 11 is 0. The molecular weight excluding hydrogens is 373 g/mol. The molecule has 3 aromatic rings. The number of carboxylic acids is 1. The lowest BCUT2D eigenvalue weighted by Crippen LogP contribution is -2.17. The third kappa shape index (κ3) is 4.00. The van der Waals surface area contributed by atoms with Crippen LogP contribution in [0.2, 0.25) is 0 Å². The van der Waals surface area contributed by atoms with Gasteiger partial charge in [0.15, 0.2) is 5.69 Å².